The first-order chi connectivity index (χ1) is 7.65. The quantitative estimate of drug-likeness (QED) is 0.561. The molecule has 1 rings (SSSR count). The molecule has 0 N–H and O–H groups in total. The molecular weight excluding hydrogens is 204 g/mol. The molecule has 0 bridgehead atoms. The van der Waals surface area contributed by atoms with Crippen molar-refractivity contribution in [3.8, 4) is 0 Å². The fourth-order valence-electron chi connectivity index (χ4n) is 4.45. The number of hydrogen-bond acceptors (Lipinski definition) is 0. The zero-order valence-corrected chi connectivity index (χ0v) is 13.3. The Labute approximate surface area is 110 Å². The zero-order chi connectivity index (χ0) is 13.3. The van der Waals surface area contributed by atoms with Gasteiger partial charge in [0.1, 0.15) is 0 Å². The molecule has 0 saturated heterocycles. The highest BCUT2D eigenvalue weighted by Crippen LogP contribution is 2.61. The van der Waals surface area contributed by atoms with Crippen LogP contribution < -0.4 is 0 Å². The van der Waals surface area contributed by atoms with Crippen LogP contribution in [0.4, 0.5) is 0 Å². The van der Waals surface area contributed by atoms with Crippen molar-refractivity contribution in [3.63, 3.8) is 0 Å². The first-order valence-electron chi connectivity index (χ1n) is 7.65. The van der Waals surface area contributed by atoms with Crippen molar-refractivity contribution in [2.75, 3.05) is 0 Å². The van der Waals surface area contributed by atoms with Gasteiger partial charge in [-0.3, -0.25) is 0 Å². The Morgan fingerprint density at radius 2 is 1.41 bits per heavy atom. The van der Waals surface area contributed by atoms with Crippen LogP contribution in [0.5, 0.6) is 0 Å². The summed E-state index contributed by atoms with van der Waals surface area (Å²) in [6, 6.07) is 0. The van der Waals surface area contributed by atoms with E-state index in [-0.39, 0.29) is 0 Å². The molecule has 0 aromatic rings. The lowest BCUT2D eigenvalue weighted by atomic mass is 9.52. The summed E-state index contributed by atoms with van der Waals surface area (Å²) < 4.78 is 0. The minimum absolute atomic E-state index is 0.452. The zero-order valence-electron chi connectivity index (χ0n) is 13.3. The molecule has 0 nitrogen and oxygen atoms in total. The summed E-state index contributed by atoms with van der Waals surface area (Å²) >= 11 is 0. The van der Waals surface area contributed by atoms with Crippen LogP contribution in [0.2, 0.25) is 0 Å². The fraction of sp³-hybridized carbons (Fsp3) is 1.00. The Bertz CT molecular complexity index is 230. The molecule has 0 amide bonds. The van der Waals surface area contributed by atoms with Crippen molar-refractivity contribution in [2.24, 2.45) is 22.2 Å². The van der Waals surface area contributed by atoms with Crippen LogP contribution >= 0.6 is 0 Å². The van der Waals surface area contributed by atoms with Gasteiger partial charge in [-0.2, -0.15) is 0 Å². The first-order valence-corrected chi connectivity index (χ1v) is 7.65. The molecule has 1 unspecified atom stereocenters. The van der Waals surface area contributed by atoms with Gasteiger partial charge in [0.15, 0.2) is 0 Å². The lowest BCUT2D eigenvalue weighted by Crippen LogP contribution is -2.45. The van der Waals surface area contributed by atoms with E-state index in [0.717, 1.165) is 5.92 Å². The molecule has 1 atom stereocenters. The topological polar surface area (TPSA) is 0 Å². The van der Waals surface area contributed by atoms with Gasteiger partial charge < -0.3 is 0 Å². The summed E-state index contributed by atoms with van der Waals surface area (Å²) in [6.45, 7) is 17.2. The van der Waals surface area contributed by atoms with Gasteiger partial charge in [-0.05, 0) is 41.4 Å². The highest BCUT2D eigenvalue weighted by atomic mass is 14.6. The van der Waals surface area contributed by atoms with Crippen molar-refractivity contribution < 1.29 is 0 Å². The lowest BCUT2D eigenvalue weighted by Gasteiger charge is -2.53. The third-order valence-electron chi connectivity index (χ3n) is 5.28. The van der Waals surface area contributed by atoms with Crippen LogP contribution in [0.15, 0.2) is 0 Å². The van der Waals surface area contributed by atoms with E-state index in [0.29, 0.717) is 16.2 Å². The molecule has 0 heterocycles. The normalized spacial score (nSPS) is 22.8. The van der Waals surface area contributed by atoms with Crippen molar-refractivity contribution in [1.82, 2.24) is 0 Å². The van der Waals surface area contributed by atoms with Gasteiger partial charge in [-0.15, -0.1) is 0 Å². The van der Waals surface area contributed by atoms with E-state index in [1.165, 1.54) is 38.5 Å². The highest BCUT2D eigenvalue weighted by molar-refractivity contribution is 5.01. The van der Waals surface area contributed by atoms with Crippen molar-refractivity contribution in [2.45, 2.75) is 87.0 Å². The standard InChI is InChI=1S/C17H34/c1-8-11-14(15(2,3)4)17(16(5,6)7)12-9-10-13-17/h14H,8-13H2,1-7H3. The Hall–Kier alpha value is 0. The smallest absolute Gasteiger partial charge is 0.0216 e. The summed E-state index contributed by atoms with van der Waals surface area (Å²) in [5.74, 6) is 0.877. The Balaban J connectivity index is 3.11. The van der Waals surface area contributed by atoms with E-state index < -0.39 is 0 Å². The van der Waals surface area contributed by atoms with Gasteiger partial charge in [0.2, 0.25) is 0 Å². The van der Waals surface area contributed by atoms with E-state index in [1.807, 2.05) is 0 Å². The molecule has 0 radical (unpaired) electrons. The van der Waals surface area contributed by atoms with Crippen LogP contribution in [0.3, 0.4) is 0 Å². The van der Waals surface area contributed by atoms with Crippen LogP contribution in [-0.2, 0) is 0 Å². The molecular formula is C17H34. The molecule has 0 aliphatic heterocycles. The average Bonchev–Trinajstić information content (AvgIpc) is 2.60. The molecule has 102 valence electrons. The molecule has 0 aromatic carbocycles. The Morgan fingerprint density at radius 1 is 0.941 bits per heavy atom. The SMILES string of the molecule is CCCC(C(C)(C)C)C1(C(C)(C)C)CCCC1. The first kappa shape index (κ1) is 15.1. The van der Waals surface area contributed by atoms with Gasteiger partial charge in [0.05, 0.1) is 0 Å². The second kappa shape index (κ2) is 4.94. The molecule has 1 aliphatic rings. The van der Waals surface area contributed by atoms with Gasteiger partial charge in [-0.25, -0.2) is 0 Å². The highest BCUT2D eigenvalue weighted by Gasteiger charge is 2.52. The maximum absolute atomic E-state index is 2.48. The number of hydrogen-bond donors (Lipinski definition) is 0. The minimum atomic E-state index is 0.452. The van der Waals surface area contributed by atoms with Crippen molar-refractivity contribution >= 4 is 0 Å². The number of rotatable bonds is 3. The second-order valence-corrected chi connectivity index (χ2v) is 8.32. The van der Waals surface area contributed by atoms with E-state index in [1.54, 1.807) is 0 Å². The monoisotopic (exact) mass is 238 g/mol. The molecule has 0 heteroatoms. The summed E-state index contributed by atoms with van der Waals surface area (Å²) in [4.78, 5) is 0. The maximum atomic E-state index is 2.48. The molecule has 1 aliphatic carbocycles. The largest absolute Gasteiger partial charge is 0.0654 e. The molecule has 17 heavy (non-hydrogen) atoms. The van der Waals surface area contributed by atoms with E-state index >= 15 is 0 Å². The third-order valence-corrected chi connectivity index (χ3v) is 5.28. The molecule has 0 spiro atoms. The minimum Gasteiger partial charge on any atom is -0.0654 e. The summed E-state index contributed by atoms with van der Waals surface area (Å²) in [7, 11) is 0. The van der Waals surface area contributed by atoms with Crippen LogP contribution in [0.1, 0.15) is 87.0 Å². The van der Waals surface area contributed by atoms with E-state index in [2.05, 4.69) is 48.5 Å². The van der Waals surface area contributed by atoms with Crippen LogP contribution in [-0.4, -0.2) is 0 Å². The van der Waals surface area contributed by atoms with Gasteiger partial charge in [0.25, 0.3) is 0 Å². The maximum Gasteiger partial charge on any atom is -0.0216 e. The van der Waals surface area contributed by atoms with E-state index in [9.17, 15) is 0 Å². The molecule has 1 fully saturated rings. The summed E-state index contributed by atoms with van der Waals surface area (Å²) in [6.07, 6.45) is 8.55. The second-order valence-electron chi connectivity index (χ2n) is 8.32. The lowest BCUT2D eigenvalue weighted by molar-refractivity contribution is -0.0400. The third kappa shape index (κ3) is 2.88. The van der Waals surface area contributed by atoms with Crippen molar-refractivity contribution in [3.05, 3.63) is 0 Å². The molecule has 0 aromatic heterocycles. The van der Waals surface area contributed by atoms with Crippen LogP contribution in [0.25, 0.3) is 0 Å². The predicted octanol–water partition coefficient (Wildman–Crippen LogP) is 6.06. The van der Waals surface area contributed by atoms with E-state index in [4.69, 9.17) is 0 Å². The average molecular weight is 238 g/mol. The fourth-order valence-corrected chi connectivity index (χ4v) is 4.45. The Kier molecular flexibility index (Phi) is 4.37. The van der Waals surface area contributed by atoms with Crippen molar-refractivity contribution in [1.29, 1.82) is 0 Å². The summed E-state index contributed by atoms with van der Waals surface area (Å²) in [5.41, 5.74) is 1.49. The van der Waals surface area contributed by atoms with Crippen LogP contribution in [0, 0.1) is 22.2 Å². The van der Waals surface area contributed by atoms with Gasteiger partial charge in [-0.1, -0.05) is 67.7 Å². The Morgan fingerprint density at radius 3 is 1.71 bits per heavy atom. The van der Waals surface area contributed by atoms with Gasteiger partial charge in [0, 0.05) is 0 Å². The van der Waals surface area contributed by atoms with Gasteiger partial charge >= 0.3 is 0 Å². The summed E-state index contributed by atoms with van der Waals surface area (Å²) in [5, 5.41) is 0. The predicted molar refractivity (Wildman–Crippen MR) is 78.2 cm³/mol. The molecule has 1 saturated carbocycles.